The molecule has 1 aliphatic rings. The van der Waals surface area contributed by atoms with Crippen LogP contribution in [0.25, 0.3) is 0 Å². The van der Waals surface area contributed by atoms with Crippen molar-refractivity contribution in [2.75, 3.05) is 0 Å². The minimum atomic E-state index is -0.778. The molecule has 0 amide bonds. The van der Waals surface area contributed by atoms with Gasteiger partial charge >= 0.3 is 5.97 Å². The maximum absolute atomic E-state index is 11.2. The standard InChI is InChI=1S/C14H15N3O3/c18-14(19)11-5-1-4-10(11)13-16-12(17-20-13)7-9-3-2-6-15-8-9/h2-3,6,8,10-11H,1,4-5,7H2,(H,18,19). The fourth-order valence-electron chi connectivity index (χ4n) is 2.73. The molecule has 2 aromatic rings. The van der Waals surface area contributed by atoms with Crippen LogP contribution in [0.2, 0.25) is 0 Å². The summed E-state index contributed by atoms with van der Waals surface area (Å²) in [7, 11) is 0. The third-order valence-electron chi connectivity index (χ3n) is 3.72. The maximum Gasteiger partial charge on any atom is 0.307 e. The highest BCUT2D eigenvalue weighted by molar-refractivity contribution is 5.71. The molecular formula is C14H15N3O3. The third kappa shape index (κ3) is 2.54. The quantitative estimate of drug-likeness (QED) is 0.916. The number of nitrogens with zero attached hydrogens (tertiary/aromatic N) is 3. The smallest absolute Gasteiger partial charge is 0.307 e. The Labute approximate surface area is 115 Å². The molecule has 0 saturated heterocycles. The van der Waals surface area contributed by atoms with E-state index >= 15 is 0 Å². The van der Waals surface area contributed by atoms with Crippen LogP contribution in [0.5, 0.6) is 0 Å². The fraction of sp³-hybridized carbons (Fsp3) is 0.429. The number of hydrogen-bond donors (Lipinski definition) is 1. The van der Waals surface area contributed by atoms with Gasteiger partial charge in [-0.2, -0.15) is 4.98 Å². The van der Waals surface area contributed by atoms with Gasteiger partial charge in [-0.3, -0.25) is 9.78 Å². The highest BCUT2D eigenvalue weighted by Gasteiger charge is 2.37. The van der Waals surface area contributed by atoms with E-state index in [1.165, 1.54) is 0 Å². The Morgan fingerprint density at radius 3 is 3.10 bits per heavy atom. The number of aliphatic carboxylic acids is 1. The predicted octanol–water partition coefficient (Wildman–Crippen LogP) is 2.02. The Morgan fingerprint density at radius 1 is 1.45 bits per heavy atom. The summed E-state index contributed by atoms with van der Waals surface area (Å²) in [5, 5.41) is 13.1. The number of carbonyl (C=O) groups is 1. The Morgan fingerprint density at radius 2 is 2.35 bits per heavy atom. The van der Waals surface area contributed by atoms with E-state index in [1.54, 1.807) is 12.4 Å². The molecule has 2 atom stereocenters. The van der Waals surface area contributed by atoms with Crippen LogP contribution in [0.3, 0.4) is 0 Å². The van der Waals surface area contributed by atoms with Crippen LogP contribution >= 0.6 is 0 Å². The second kappa shape index (κ2) is 5.40. The summed E-state index contributed by atoms with van der Waals surface area (Å²) in [6.45, 7) is 0. The van der Waals surface area contributed by atoms with Crippen molar-refractivity contribution < 1.29 is 14.4 Å². The molecule has 20 heavy (non-hydrogen) atoms. The first kappa shape index (κ1) is 12.8. The molecule has 2 aromatic heterocycles. The van der Waals surface area contributed by atoms with Gasteiger partial charge in [0.2, 0.25) is 5.89 Å². The average molecular weight is 273 g/mol. The summed E-state index contributed by atoms with van der Waals surface area (Å²) in [5.74, 6) is -0.304. The van der Waals surface area contributed by atoms with Gasteiger partial charge in [0.05, 0.1) is 11.8 Å². The first-order chi connectivity index (χ1) is 9.74. The Balaban J connectivity index is 1.75. The number of pyridine rings is 1. The molecule has 0 radical (unpaired) electrons. The number of carboxylic acid groups (broad SMARTS) is 1. The molecule has 0 bridgehead atoms. The van der Waals surface area contributed by atoms with Crippen LogP contribution in [0.4, 0.5) is 0 Å². The first-order valence-corrected chi connectivity index (χ1v) is 6.68. The SMILES string of the molecule is O=C(O)C1CCCC1c1nc(Cc2cccnc2)no1. The zero-order valence-corrected chi connectivity index (χ0v) is 10.9. The van der Waals surface area contributed by atoms with Crippen LogP contribution in [0.15, 0.2) is 29.0 Å². The maximum atomic E-state index is 11.2. The van der Waals surface area contributed by atoms with Gasteiger partial charge in [0.25, 0.3) is 0 Å². The number of carboxylic acids is 1. The van der Waals surface area contributed by atoms with Gasteiger partial charge in [-0.1, -0.05) is 17.6 Å². The average Bonchev–Trinajstić information content (AvgIpc) is 3.07. The van der Waals surface area contributed by atoms with Crippen LogP contribution < -0.4 is 0 Å². The van der Waals surface area contributed by atoms with Crippen molar-refractivity contribution in [1.29, 1.82) is 0 Å². The van der Waals surface area contributed by atoms with E-state index in [0.29, 0.717) is 24.6 Å². The van der Waals surface area contributed by atoms with E-state index < -0.39 is 11.9 Å². The van der Waals surface area contributed by atoms with E-state index in [1.807, 2.05) is 12.1 Å². The summed E-state index contributed by atoms with van der Waals surface area (Å²) < 4.78 is 5.26. The van der Waals surface area contributed by atoms with E-state index in [-0.39, 0.29) is 5.92 Å². The summed E-state index contributed by atoms with van der Waals surface area (Å²) >= 11 is 0. The van der Waals surface area contributed by atoms with Gasteiger partial charge in [0, 0.05) is 18.8 Å². The van der Waals surface area contributed by atoms with Gasteiger partial charge in [-0.25, -0.2) is 0 Å². The summed E-state index contributed by atoms with van der Waals surface area (Å²) in [6.07, 6.45) is 6.38. The van der Waals surface area contributed by atoms with Crippen LogP contribution in [-0.2, 0) is 11.2 Å². The van der Waals surface area contributed by atoms with Crippen molar-refractivity contribution >= 4 is 5.97 Å². The second-order valence-electron chi connectivity index (χ2n) is 5.07. The van der Waals surface area contributed by atoms with Gasteiger partial charge < -0.3 is 9.63 Å². The van der Waals surface area contributed by atoms with E-state index in [9.17, 15) is 9.90 Å². The van der Waals surface area contributed by atoms with E-state index in [0.717, 1.165) is 18.4 Å². The first-order valence-electron chi connectivity index (χ1n) is 6.68. The van der Waals surface area contributed by atoms with Crippen molar-refractivity contribution in [3.8, 4) is 0 Å². The zero-order chi connectivity index (χ0) is 13.9. The van der Waals surface area contributed by atoms with Gasteiger partial charge in [-0.15, -0.1) is 0 Å². The molecule has 1 saturated carbocycles. The number of hydrogen-bond acceptors (Lipinski definition) is 5. The molecule has 6 nitrogen and oxygen atoms in total. The number of aromatic nitrogens is 3. The molecular weight excluding hydrogens is 258 g/mol. The van der Waals surface area contributed by atoms with Crippen molar-refractivity contribution in [2.24, 2.45) is 5.92 Å². The topological polar surface area (TPSA) is 89.1 Å². The summed E-state index contributed by atoms with van der Waals surface area (Å²) in [5.41, 5.74) is 1.00. The highest BCUT2D eigenvalue weighted by Crippen LogP contribution is 2.38. The molecule has 1 N–H and O–H groups in total. The Bertz CT molecular complexity index is 597. The third-order valence-corrected chi connectivity index (χ3v) is 3.72. The molecule has 0 spiro atoms. The fourth-order valence-corrected chi connectivity index (χ4v) is 2.73. The van der Waals surface area contributed by atoms with Gasteiger partial charge in [-0.05, 0) is 24.5 Å². The summed E-state index contributed by atoms with van der Waals surface area (Å²) in [6, 6.07) is 3.80. The molecule has 2 unspecified atom stereocenters. The molecule has 2 heterocycles. The minimum absolute atomic E-state index is 0.150. The normalized spacial score (nSPS) is 22.0. The largest absolute Gasteiger partial charge is 0.481 e. The molecule has 0 aliphatic heterocycles. The predicted molar refractivity (Wildman–Crippen MR) is 69.1 cm³/mol. The molecule has 3 rings (SSSR count). The Kier molecular flexibility index (Phi) is 3.45. The lowest BCUT2D eigenvalue weighted by molar-refractivity contribution is -0.142. The van der Waals surface area contributed by atoms with Gasteiger partial charge in [0.1, 0.15) is 0 Å². The molecule has 0 aromatic carbocycles. The molecule has 6 heteroatoms. The van der Waals surface area contributed by atoms with Crippen LogP contribution in [0.1, 0.15) is 42.5 Å². The zero-order valence-electron chi connectivity index (χ0n) is 10.9. The monoisotopic (exact) mass is 273 g/mol. The lowest BCUT2D eigenvalue weighted by Crippen LogP contribution is -2.17. The van der Waals surface area contributed by atoms with E-state index in [2.05, 4.69) is 15.1 Å². The molecule has 104 valence electrons. The minimum Gasteiger partial charge on any atom is -0.481 e. The van der Waals surface area contributed by atoms with Crippen molar-refractivity contribution in [1.82, 2.24) is 15.1 Å². The van der Waals surface area contributed by atoms with Crippen molar-refractivity contribution in [2.45, 2.75) is 31.6 Å². The highest BCUT2D eigenvalue weighted by atomic mass is 16.5. The Hall–Kier alpha value is -2.24. The second-order valence-corrected chi connectivity index (χ2v) is 5.07. The molecule has 1 fully saturated rings. The van der Waals surface area contributed by atoms with Crippen molar-refractivity contribution in [3.05, 3.63) is 41.8 Å². The van der Waals surface area contributed by atoms with E-state index in [4.69, 9.17) is 4.52 Å². The van der Waals surface area contributed by atoms with Crippen LogP contribution in [-0.4, -0.2) is 26.2 Å². The lowest BCUT2D eigenvalue weighted by atomic mass is 9.96. The summed E-state index contributed by atoms with van der Waals surface area (Å²) in [4.78, 5) is 19.6. The van der Waals surface area contributed by atoms with Crippen LogP contribution in [0, 0.1) is 5.92 Å². The van der Waals surface area contributed by atoms with Gasteiger partial charge in [0.15, 0.2) is 5.82 Å². The lowest BCUT2D eigenvalue weighted by Gasteiger charge is -2.10. The number of rotatable bonds is 4. The van der Waals surface area contributed by atoms with Crippen molar-refractivity contribution in [3.63, 3.8) is 0 Å². The molecule has 1 aliphatic carbocycles.